The van der Waals surface area contributed by atoms with Crippen LogP contribution in [-0.4, -0.2) is 62.5 Å². The number of carbonyl (C=O) groups excluding carboxylic acids is 1. The molecular weight excluding hydrogens is 604 g/mol. The lowest BCUT2D eigenvalue weighted by atomic mass is 9.91. The van der Waals surface area contributed by atoms with Gasteiger partial charge in [0.2, 0.25) is 0 Å². The number of benzene rings is 1. The maximum atomic E-state index is 13.1. The molecule has 2 aliphatic heterocycles. The van der Waals surface area contributed by atoms with Crippen molar-refractivity contribution in [2.45, 2.75) is 95.1 Å². The Kier molecular flexibility index (Phi) is 13.6. The van der Waals surface area contributed by atoms with Gasteiger partial charge in [-0.05, 0) is 106 Å². The first kappa shape index (κ1) is 32.9. The minimum atomic E-state index is -1.68. The Morgan fingerprint density at radius 1 is 1.07 bits per heavy atom. The molecule has 1 aliphatic carbocycles. The summed E-state index contributed by atoms with van der Waals surface area (Å²) in [6.45, 7) is 1.75. The fourth-order valence-corrected chi connectivity index (χ4v) is 6.07. The van der Waals surface area contributed by atoms with Gasteiger partial charge in [-0.3, -0.25) is 0 Å². The summed E-state index contributed by atoms with van der Waals surface area (Å²) in [5.41, 5.74) is 3.20. The molecule has 5 atom stereocenters. The molecule has 4 rings (SSSR count). The van der Waals surface area contributed by atoms with Gasteiger partial charge in [0.15, 0.2) is 12.6 Å². The summed E-state index contributed by atoms with van der Waals surface area (Å²) in [7, 11) is 1.33. The Balaban J connectivity index is 1.34. The molecule has 8 nitrogen and oxygen atoms in total. The van der Waals surface area contributed by atoms with E-state index in [1.807, 2.05) is 30.3 Å². The van der Waals surface area contributed by atoms with Crippen LogP contribution in [0.1, 0.15) is 70.6 Å². The summed E-state index contributed by atoms with van der Waals surface area (Å²) in [6.07, 6.45) is 15.0. The molecule has 0 radical (unpaired) electrons. The van der Waals surface area contributed by atoms with Gasteiger partial charge >= 0.3 is 5.97 Å². The van der Waals surface area contributed by atoms with Crippen molar-refractivity contribution in [3.63, 3.8) is 0 Å². The minimum absolute atomic E-state index is 0.102. The van der Waals surface area contributed by atoms with Gasteiger partial charge in [-0.2, -0.15) is 0 Å². The monoisotopic (exact) mass is 648 g/mol. The van der Waals surface area contributed by atoms with Crippen LogP contribution in [0.25, 0.3) is 0 Å². The molecule has 0 aromatic heterocycles. The summed E-state index contributed by atoms with van der Waals surface area (Å²) in [6, 6.07) is 7.82. The highest BCUT2D eigenvalue weighted by molar-refractivity contribution is 9.10. The number of halogens is 1. The van der Waals surface area contributed by atoms with Crippen LogP contribution < -0.4 is 4.74 Å². The lowest BCUT2D eigenvalue weighted by molar-refractivity contribution is -0.350. The van der Waals surface area contributed by atoms with E-state index in [0.29, 0.717) is 39.1 Å². The second-order valence-electron chi connectivity index (χ2n) is 11.1. The van der Waals surface area contributed by atoms with E-state index in [1.54, 1.807) is 6.08 Å². The molecule has 232 valence electrons. The normalized spacial score (nSPS) is 27.6. The smallest absolute Gasteiger partial charge is 0.367 e. The number of methoxy groups -OCH3 is 1. The van der Waals surface area contributed by atoms with E-state index in [9.17, 15) is 9.90 Å². The van der Waals surface area contributed by atoms with Gasteiger partial charge in [0.25, 0.3) is 5.79 Å². The molecule has 2 unspecified atom stereocenters. The average molecular weight is 650 g/mol. The van der Waals surface area contributed by atoms with Gasteiger partial charge in [-0.1, -0.05) is 34.1 Å². The van der Waals surface area contributed by atoms with Crippen molar-refractivity contribution in [1.82, 2.24) is 0 Å². The van der Waals surface area contributed by atoms with Crippen LogP contribution in [-0.2, 0) is 28.5 Å². The standard InChI is InChI=1S/C33H45BrO8/c1-37-32(36)33(41-30-16-5-9-22-39-30,42-31-17-6-10-23-40-31)20-7-2-3-15-28-25(18-19-29(28)35)12-4-8-21-38-27-14-11-13-26(34)24-27/h3-4,7,11-14,24-25,28-31,35H,5-6,8-10,15-23H2,1H3/b12-4+/t2?,25-,28+,29-,30?,31?,33?/m0/s1. The zero-order valence-electron chi connectivity index (χ0n) is 24.6. The summed E-state index contributed by atoms with van der Waals surface area (Å²) in [5, 5.41) is 10.6. The number of esters is 1. The van der Waals surface area contributed by atoms with E-state index in [1.165, 1.54) is 7.11 Å². The van der Waals surface area contributed by atoms with Gasteiger partial charge in [0.1, 0.15) is 5.75 Å². The third kappa shape index (κ3) is 10.1. The largest absolute Gasteiger partial charge is 0.493 e. The molecule has 1 N–H and O–H groups in total. The molecule has 0 spiro atoms. The highest BCUT2D eigenvalue weighted by Crippen LogP contribution is 2.36. The van der Waals surface area contributed by atoms with Crippen LogP contribution in [0.5, 0.6) is 5.75 Å². The fraction of sp³-hybridized carbons (Fsp3) is 0.636. The topological polar surface area (TPSA) is 92.7 Å². The molecule has 3 aliphatic rings. The second kappa shape index (κ2) is 17.4. The highest BCUT2D eigenvalue weighted by Gasteiger charge is 2.47. The number of hydrogen-bond acceptors (Lipinski definition) is 8. The van der Waals surface area contributed by atoms with Crippen LogP contribution >= 0.6 is 15.9 Å². The lowest BCUT2D eigenvalue weighted by Gasteiger charge is -2.38. The van der Waals surface area contributed by atoms with Gasteiger partial charge in [0, 0.05) is 24.1 Å². The first-order valence-electron chi connectivity index (χ1n) is 15.3. The van der Waals surface area contributed by atoms with Crippen LogP contribution in [0.3, 0.4) is 0 Å². The van der Waals surface area contributed by atoms with Gasteiger partial charge in [-0.25, -0.2) is 4.79 Å². The molecule has 2 saturated heterocycles. The van der Waals surface area contributed by atoms with Crippen LogP contribution in [0.4, 0.5) is 0 Å². The Labute approximate surface area is 258 Å². The van der Waals surface area contributed by atoms with Crippen LogP contribution in [0, 0.1) is 11.8 Å². The van der Waals surface area contributed by atoms with Crippen molar-refractivity contribution < 1.29 is 38.3 Å². The first-order chi connectivity index (χ1) is 20.5. The summed E-state index contributed by atoms with van der Waals surface area (Å²) < 4.78 is 35.9. The van der Waals surface area contributed by atoms with Crippen molar-refractivity contribution in [1.29, 1.82) is 0 Å². The van der Waals surface area contributed by atoms with Crippen molar-refractivity contribution in [2.75, 3.05) is 26.9 Å². The van der Waals surface area contributed by atoms with Crippen LogP contribution in [0.2, 0.25) is 0 Å². The molecule has 1 aromatic carbocycles. The van der Waals surface area contributed by atoms with Gasteiger partial charge < -0.3 is 33.5 Å². The molecule has 0 bridgehead atoms. The second-order valence-corrected chi connectivity index (χ2v) is 12.0. The zero-order chi connectivity index (χ0) is 29.6. The molecule has 1 saturated carbocycles. The summed E-state index contributed by atoms with van der Waals surface area (Å²) in [4.78, 5) is 13.1. The molecule has 0 amide bonds. The molecule has 2 heterocycles. The number of aliphatic hydroxyl groups is 1. The molecule has 42 heavy (non-hydrogen) atoms. The number of carbonyl (C=O) groups is 1. The Morgan fingerprint density at radius 2 is 1.81 bits per heavy atom. The van der Waals surface area contributed by atoms with Crippen molar-refractivity contribution in [3.8, 4) is 5.75 Å². The van der Waals surface area contributed by atoms with E-state index in [0.717, 1.165) is 55.2 Å². The third-order valence-corrected chi connectivity index (χ3v) is 8.48. The number of allylic oxidation sites excluding steroid dienone is 1. The Bertz CT molecular complexity index is 1040. The molecular formula is C33H45BrO8. The van der Waals surface area contributed by atoms with Crippen molar-refractivity contribution in [2.24, 2.45) is 11.8 Å². The summed E-state index contributed by atoms with van der Waals surface area (Å²) >= 11 is 3.46. The molecule has 9 heteroatoms. The maximum absolute atomic E-state index is 13.1. The maximum Gasteiger partial charge on any atom is 0.367 e. The number of rotatable bonds is 14. The van der Waals surface area contributed by atoms with E-state index in [2.05, 4.69) is 33.8 Å². The SMILES string of the molecule is COC(=O)C(CC=C=CC[C@H]1[C@@H](O)CC[C@@H]1/C=C/CCOc1cccc(Br)c1)(OC1CCCCO1)OC1CCCCO1. The molecule has 3 fully saturated rings. The number of aliphatic hydroxyl groups excluding tert-OH is 1. The highest BCUT2D eigenvalue weighted by atomic mass is 79.9. The van der Waals surface area contributed by atoms with E-state index in [4.69, 9.17) is 28.4 Å². The fourth-order valence-electron chi connectivity index (χ4n) is 5.69. The predicted molar refractivity (Wildman–Crippen MR) is 162 cm³/mol. The Morgan fingerprint density at radius 3 is 2.45 bits per heavy atom. The third-order valence-electron chi connectivity index (χ3n) is 7.98. The number of ether oxygens (including phenoxy) is 6. The number of hydrogen-bond donors (Lipinski definition) is 1. The zero-order valence-corrected chi connectivity index (χ0v) is 26.2. The Hall–Kier alpha value is -1.97. The molecule has 1 aromatic rings. The minimum Gasteiger partial charge on any atom is -0.493 e. The van der Waals surface area contributed by atoms with E-state index >= 15 is 0 Å². The first-order valence-corrected chi connectivity index (χ1v) is 16.1. The van der Waals surface area contributed by atoms with Crippen LogP contribution in [0.15, 0.2) is 58.8 Å². The predicted octanol–water partition coefficient (Wildman–Crippen LogP) is 6.61. The average Bonchev–Trinajstić information content (AvgIpc) is 3.36. The van der Waals surface area contributed by atoms with E-state index < -0.39 is 24.3 Å². The van der Waals surface area contributed by atoms with Gasteiger partial charge in [0.05, 0.1) is 19.8 Å². The van der Waals surface area contributed by atoms with Crippen molar-refractivity contribution in [3.05, 3.63) is 58.8 Å². The van der Waals surface area contributed by atoms with Gasteiger partial charge in [-0.15, -0.1) is 5.73 Å². The quantitative estimate of drug-likeness (QED) is 0.0792. The van der Waals surface area contributed by atoms with Crippen molar-refractivity contribution >= 4 is 21.9 Å². The lowest BCUT2D eigenvalue weighted by Crippen LogP contribution is -2.51. The summed E-state index contributed by atoms with van der Waals surface area (Å²) in [5.74, 6) is -1.07. The van der Waals surface area contributed by atoms with E-state index in [-0.39, 0.29) is 24.4 Å².